The third-order valence-corrected chi connectivity index (χ3v) is 6.43. The summed E-state index contributed by atoms with van der Waals surface area (Å²) in [7, 11) is 4.32. The lowest BCUT2D eigenvalue weighted by Crippen LogP contribution is -2.36. The summed E-state index contributed by atoms with van der Waals surface area (Å²) < 4.78 is 15.6. The summed E-state index contributed by atoms with van der Waals surface area (Å²) in [6.45, 7) is 0. The molecule has 1 fully saturated rings. The molecule has 2 aromatic rings. The molecule has 1 aromatic carbocycles. The Hall–Kier alpha value is -3.07. The van der Waals surface area contributed by atoms with E-state index < -0.39 is 29.7 Å². The molecule has 0 spiro atoms. The van der Waals surface area contributed by atoms with Gasteiger partial charge in [0.25, 0.3) is 0 Å². The van der Waals surface area contributed by atoms with Crippen molar-refractivity contribution in [2.24, 2.45) is 11.8 Å². The molecule has 1 aromatic heterocycles. The first kappa shape index (κ1) is 22.6. The Labute approximate surface area is 184 Å². The van der Waals surface area contributed by atoms with Gasteiger partial charge in [0, 0.05) is 22.6 Å². The number of carbonyl (C=O) groups excluding carboxylic acids is 2. The standard InChI is InChI=1S/C22H25NO7S/c1-28-12-8-9-13(17(10-12)29-2)16-11-31-20(18(16)22(27)30-3)23-19(24)14-6-4-5-7-15(14)21(25)26/h8-11,14-15H,4-7H2,1-3H3,(H,23,24)(H,25,26). The van der Waals surface area contributed by atoms with Crippen LogP contribution in [0.1, 0.15) is 36.0 Å². The van der Waals surface area contributed by atoms with Crippen molar-refractivity contribution in [1.29, 1.82) is 0 Å². The number of esters is 1. The fourth-order valence-corrected chi connectivity index (χ4v) is 4.87. The third kappa shape index (κ3) is 4.66. The van der Waals surface area contributed by atoms with Crippen LogP contribution in [-0.4, -0.2) is 44.3 Å². The first-order valence-electron chi connectivity index (χ1n) is 9.87. The molecule has 3 rings (SSSR count). The van der Waals surface area contributed by atoms with Crippen molar-refractivity contribution in [1.82, 2.24) is 0 Å². The van der Waals surface area contributed by atoms with Crippen LogP contribution in [0.15, 0.2) is 23.6 Å². The number of methoxy groups -OCH3 is 3. The van der Waals surface area contributed by atoms with E-state index in [2.05, 4.69) is 5.32 Å². The smallest absolute Gasteiger partial charge is 0.341 e. The number of thiophene rings is 1. The van der Waals surface area contributed by atoms with Gasteiger partial charge in [-0.15, -0.1) is 11.3 Å². The second kappa shape index (κ2) is 9.82. The second-order valence-electron chi connectivity index (χ2n) is 7.24. The monoisotopic (exact) mass is 447 g/mol. The van der Waals surface area contributed by atoms with Crippen molar-refractivity contribution < 1.29 is 33.7 Å². The largest absolute Gasteiger partial charge is 0.497 e. The van der Waals surface area contributed by atoms with Gasteiger partial charge in [-0.2, -0.15) is 0 Å². The summed E-state index contributed by atoms with van der Waals surface area (Å²) >= 11 is 1.18. The van der Waals surface area contributed by atoms with Gasteiger partial charge in [-0.05, 0) is 25.0 Å². The van der Waals surface area contributed by atoms with Crippen LogP contribution in [0, 0.1) is 11.8 Å². The zero-order valence-corrected chi connectivity index (χ0v) is 18.4. The average Bonchev–Trinajstić information content (AvgIpc) is 3.20. The van der Waals surface area contributed by atoms with Crippen molar-refractivity contribution in [2.75, 3.05) is 26.6 Å². The van der Waals surface area contributed by atoms with Crippen molar-refractivity contribution in [3.8, 4) is 22.6 Å². The minimum absolute atomic E-state index is 0.201. The summed E-state index contributed by atoms with van der Waals surface area (Å²) in [5, 5.41) is 14.3. The highest BCUT2D eigenvalue weighted by Gasteiger charge is 2.36. The molecule has 2 N–H and O–H groups in total. The third-order valence-electron chi connectivity index (χ3n) is 5.54. The first-order chi connectivity index (χ1) is 14.9. The molecule has 2 atom stereocenters. The summed E-state index contributed by atoms with van der Waals surface area (Å²) in [6, 6.07) is 5.21. The van der Waals surface area contributed by atoms with E-state index in [1.54, 1.807) is 30.7 Å². The Bertz CT molecular complexity index is 984. The van der Waals surface area contributed by atoms with Crippen LogP contribution in [0.25, 0.3) is 11.1 Å². The molecule has 0 radical (unpaired) electrons. The topological polar surface area (TPSA) is 111 Å². The quantitative estimate of drug-likeness (QED) is 0.616. The molecule has 1 heterocycles. The number of ether oxygens (including phenoxy) is 3. The maximum absolute atomic E-state index is 12.9. The molecule has 0 saturated heterocycles. The zero-order valence-electron chi connectivity index (χ0n) is 17.6. The van der Waals surface area contributed by atoms with Gasteiger partial charge in [-0.3, -0.25) is 9.59 Å². The predicted molar refractivity (Wildman–Crippen MR) is 116 cm³/mol. The molecule has 2 unspecified atom stereocenters. The number of nitrogens with one attached hydrogen (secondary N) is 1. The van der Waals surface area contributed by atoms with Gasteiger partial charge >= 0.3 is 11.9 Å². The summed E-state index contributed by atoms with van der Waals surface area (Å²) in [5.41, 5.74) is 1.39. The number of hydrogen-bond donors (Lipinski definition) is 2. The van der Waals surface area contributed by atoms with Gasteiger partial charge in [0.05, 0.1) is 33.2 Å². The molecule has 0 aliphatic heterocycles. The molecule has 1 amide bonds. The lowest BCUT2D eigenvalue weighted by molar-refractivity contribution is -0.147. The van der Waals surface area contributed by atoms with E-state index in [-0.39, 0.29) is 5.56 Å². The van der Waals surface area contributed by atoms with Crippen molar-refractivity contribution >= 4 is 34.2 Å². The van der Waals surface area contributed by atoms with Gasteiger partial charge in [-0.25, -0.2) is 4.79 Å². The molecule has 166 valence electrons. The highest BCUT2D eigenvalue weighted by Crippen LogP contribution is 2.42. The molecule has 31 heavy (non-hydrogen) atoms. The van der Waals surface area contributed by atoms with Gasteiger partial charge in [0.2, 0.25) is 5.91 Å². The van der Waals surface area contributed by atoms with Crippen LogP contribution in [0.5, 0.6) is 11.5 Å². The summed E-state index contributed by atoms with van der Waals surface area (Å²) in [6.07, 6.45) is 2.55. The van der Waals surface area contributed by atoms with E-state index in [1.165, 1.54) is 25.6 Å². The van der Waals surface area contributed by atoms with E-state index in [0.29, 0.717) is 40.5 Å². The molecule has 8 nitrogen and oxygen atoms in total. The molecular weight excluding hydrogens is 422 g/mol. The Morgan fingerprint density at radius 2 is 1.74 bits per heavy atom. The Morgan fingerprint density at radius 3 is 2.35 bits per heavy atom. The number of carbonyl (C=O) groups is 3. The number of carboxylic acid groups (broad SMARTS) is 1. The van der Waals surface area contributed by atoms with E-state index in [0.717, 1.165) is 12.8 Å². The molecule has 0 bridgehead atoms. The van der Waals surface area contributed by atoms with E-state index in [9.17, 15) is 19.5 Å². The number of rotatable bonds is 7. The van der Waals surface area contributed by atoms with E-state index in [1.807, 2.05) is 0 Å². The first-order valence-corrected chi connectivity index (χ1v) is 10.7. The normalized spacial score (nSPS) is 18.2. The minimum Gasteiger partial charge on any atom is -0.497 e. The Balaban J connectivity index is 1.98. The predicted octanol–water partition coefficient (Wildman–Crippen LogP) is 4.05. The lowest BCUT2D eigenvalue weighted by Gasteiger charge is -2.27. The van der Waals surface area contributed by atoms with E-state index >= 15 is 0 Å². The molecule has 1 aliphatic rings. The van der Waals surface area contributed by atoms with Crippen LogP contribution in [0.3, 0.4) is 0 Å². The van der Waals surface area contributed by atoms with Crippen molar-refractivity contribution in [3.63, 3.8) is 0 Å². The van der Waals surface area contributed by atoms with Crippen LogP contribution in [0.4, 0.5) is 5.00 Å². The second-order valence-corrected chi connectivity index (χ2v) is 8.12. The number of benzene rings is 1. The highest BCUT2D eigenvalue weighted by molar-refractivity contribution is 7.15. The molecule has 1 saturated carbocycles. The number of amides is 1. The highest BCUT2D eigenvalue weighted by atomic mass is 32.1. The maximum Gasteiger partial charge on any atom is 0.341 e. The maximum atomic E-state index is 12.9. The van der Waals surface area contributed by atoms with Crippen LogP contribution >= 0.6 is 11.3 Å². The molecular formula is C22H25NO7S. The fourth-order valence-electron chi connectivity index (χ4n) is 3.92. The lowest BCUT2D eigenvalue weighted by atomic mass is 9.79. The van der Waals surface area contributed by atoms with Crippen LogP contribution < -0.4 is 14.8 Å². The fraction of sp³-hybridized carbons (Fsp3) is 0.409. The van der Waals surface area contributed by atoms with Gasteiger partial charge in [-0.1, -0.05) is 12.8 Å². The van der Waals surface area contributed by atoms with Gasteiger partial charge in [0.1, 0.15) is 22.1 Å². The van der Waals surface area contributed by atoms with Crippen molar-refractivity contribution in [2.45, 2.75) is 25.7 Å². The number of carboxylic acids is 1. The van der Waals surface area contributed by atoms with Gasteiger partial charge < -0.3 is 24.6 Å². The SMILES string of the molecule is COC(=O)c1c(-c2ccc(OC)cc2OC)csc1NC(=O)C1CCCCC1C(=O)O. The number of aliphatic carboxylic acids is 1. The number of anilines is 1. The van der Waals surface area contributed by atoms with Crippen molar-refractivity contribution in [3.05, 3.63) is 29.1 Å². The van der Waals surface area contributed by atoms with Crippen LogP contribution in [-0.2, 0) is 14.3 Å². The molecule has 9 heteroatoms. The molecule has 1 aliphatic carbocycles. The zero-order chi connectivity index (χ0) is 22.5. The average molecular weight is 448 g/mol. The Morgan fingerprint density at radius 1 is 1.03 bits per heavy atom. The summed E-state index contributed by atoms with van der Waals surface area (Å²) in [4.78, 5) is 37.1. The van der Waals surface area contributed by atoms with E-state index in [4.69, 9.17) is 14.2 Å². The van der Waals surface area contributed by atoms with Gasteiger partial charge in [0.15, 0.2) is 0 Å². The van der Waals surface area contributed by atoms with Crippen LogP contribution in [0.2, 0.25) is 0 Å². The minimum atomic E-state index is -0.970. The number of hydrogen-bond acceptors (Lipinski definition) is 7. The summed E-state index contributed by atoms with van der Waals surface area (Å²) in [5.74, 6) is -2.24. The Kier molecular flexibility index (Phi) is 7.17.